The maximum absolute atomic E-state index is 13.2. The number of nitrogens with one attached hydrogen (secondary N) is 2. The van der Waals surface area contributed by atoms with Crippen molar-refractivity contribution < 1.29 is 13.2 Å². The van der Waals surface area contributed by atoms with Crippen LogP contribution in [0.25, 0.3) is 0 Å². The zero-order chi connectivity index (χ0) is 19.5. The topological polar surface area (TPSA) is 53.1 Å². The van der Waals surface area contributed by atoms with Gasteiger partial charge in [0, 0.05) is 24.8 Å². The van der Waals surface area contributed by atoms with Crippen molar-refractivity contribution in [2.24, 2.45) is 0 Å². The van der Waals surface area contributed by atoms with Crippen LogP contribution in [-0.2, 0) is 6.18 Å². The van der Waals surface area contributed by atoms with Crippen LogP contribution < -0.4 is 10.6 Å². The molecule has 26 heavy (non-hydrogen) atoms. The summed E-state index contributed by atoms with van der Waals surface area (Å²) in [6.07, 6.45) is -4.55. The van der Waals surface area contributed by atoms with Crippen LogP contribution in [0.2, 0.25) is 0 Å². The Morgan fingerprint density at radius 3 is 2.15 bits per heavy atom. The number of nitrogens with zero attached hydrogens (tertiary/aromatic N) is 3. The molecule has 1 heterocycles. The summed E-state index contributed by atoms with van der Waals surface area (Å²) in [5.41, 5.74) is 2.75. The minimum absolute atomic E-state index is 0.0495. The van der Waals surface area contributed by atoms with Crippen LogP contribution in [0, 0.1) is 20.8 Å². The number of benzene rings is 1. The summed E-state index contributed by atoms with van der Waals surface area (Å²) in [6.45, 7) is 6.88. The molecule has 0 aliphatic heterocycles. The standard InChI is InChI=1S/C18H24F3N5/c1-11-8-12(2)16(13(3)9-11)24-15-10-14(18(19,20)21)23-17(25-15)22-6-7-26(4)5/h8-10H,6-7H2,1-5H3,(H2,22,23,24,25). The van der Waals surface area contributed by atoms with Crippen molar-refractivity contribution in [2.75, 3.05) is 37.8 Å². The molecule has 2 aromatic rings. The van der Waals surface area contributed by atoms with Crippen molar-refractivity contribution in [2.45, 2.75) is 26.9 Å². The summed E-state index contributed by atoms with van der Waals surface area (Å²) < 4.78 is 39.6. The quantitative estimate of drug-likeness (QED) is 0.804. The van der Waals surface area contributed by atoms with Crippen LogP contribution in [0.3, 0.4) is 0 Å². The van der Waals surface area contributed by atoms with E-state index in [4.69, 9.17) is 0 Å². The van der Waals surface area contributed by atoms with Crippen LogP contribution in [-0.4, -0.2) is 42.1 Å². The summed E-state index contributed by atoms with van der Waals surface area (Å²) in [6, 6.07) is 4.87. The number of aromatic nitrogens is 2. The molecule has 8 heteroatoms. The maximum Gasteiger partial charge on any atom is 0.433 e. The molecule has 2 N–H and O–H groups in total. The van der Waals surface area contributed by atoms with Crippen molar-refractivity contribution in [3.8, 4) is 0 Å². The third-order valence-corrected chi connectivity index (χ3v) is 3.79. The van der Waals surface area contributed by atoms with Gasteiger partial charge in [-0.15, -0.1) is 0 Å². The zero-order valence-electron chi connectivity index (χ0n) is 15.6. The Kier molecular flexibility index (Phi) is 6.07. The molecule has 0 fully saturated rings. The van der Waals surface area contributed by atoms with Crippen molar-refractivity contribution >= 4 is 17.5 Å². The van der Waals surface area contributed by atoms with E-state index in [1.807, 2.05) is 51.9 Å². The minimum atomic E-state index is -4.55. The van der Waals surface area contributed by atoms with E-state index in [1.54, 1.807) is 0 Å². The SMILES string of the molecule is Cc1cc(C)c(Nc2cc(C(F)(F)F)nc(NCCN(C)C)n2)c(C)c1. The molecule has 0 unspecified atom stereocenters. The Morgan fingerprint density at radius 1 is 1.00 bits per heavy atom. The molecule has 1 aromatic carbocycles. The van der Waals surface area contributed by atoms with Crippen molar-refractivity contribution in [3.63, 3.8) is 0 Å². The van der Waals surface area contributed by atoms with E-state index in [0.717, 1.165) is 28.4 Å². The van der Waals surface area contributed by atoms with E-state index >= 15 is 0 Å². The van der Waals surface area contributed by atoms with Gasteiger partial charge in [0.05, 0.1) is 0 Å². The van der Waals surface area contributed by atoms with Gasteiger partial charge in [-0.2, -0.15) is 18.2 Å². The second-order valence-electron chi connectivity index (χ2n) is 6.59. The fraction of sp³-hybridized carbons (Fsp3) is 0.444. The first-order valence-corrected chi connectivity index (χ1v) is 8.26. The molecule has 0 saturated carbocycles. The minimum Gasteiger partial charge on any atom is -0.353 e. The molecule has 0 spiro atoms. The zero-order valence-corrected chi connectivity index (χ0v) is 15.6. The Hall–Kier alpha value is -2.35. The molecule has 2 rings (SSSR count). The van der Waals surface area contributed by atoms with E-state index in [9.17, 15) is 13.2 Å². The molecule has 0 bridgehead atoms. The van der Waals surface area contributed by atoms with Crippen molar-refractivity contribution in [1.82, 2.24) is 14.9 Å². The summed E-state index contributed by atoms with van der Waals surface area (Å²) in [7, 11) is 3.76. The van der Waals surface area contributed by atoms with Gasteiger partial charge in [0.15, 0.2) is 5.69 Å². The predicted octanol–water partition coefficient (Wildman–Crippen LogP) is 4.14. The lowest BCUT2D eigenvalue weighted by molar-refractivity contribution is -0.141. The molecule has 142 valence electrons. The molecule has 0 aliphatic carbocycles. The highest BCUT2D eigenvalue weighted by Gasteiger charge is 2.33. The number of likely N-dealkylation sites (N-methyl/N-ethyl adjacent to an activating group) is 1. The van der Waals surface area contributed by atoms with Gasteiger partial charge in [-0.1, -0.05) is 17.7 Å². The van der Waals surface area contributed by atoms with Crippen molar-refractivity contribution in [1.29, 1.82) is 0 Å². The molecular weight excluding hydrogens is 343 g/mol. The second kappa shape index (κ2) is 7.90. The number of hydrogen-bond acceptors (Lipinski definition) is 5. The first-order chi connectivity index (χ1) is 12.1. The van der Waals surface area contributed by atoms with Gasteiger partial charge in [-0.05, 0) is 46.0 Å². The Morgan fingerprint density at radius 2 is 1.62 bits per heavy atom. The molecule has 0 aliphatic rings. The number of aryl methyl sites for hydroxylation is 3. The fourth-order valence-electron chi connectivity index (χ4n) is 2.63. The lowest BCUT2D eigenvalue weighted by atomic mass is 10.1. The average molecular weight is 367 g/mol. The highest BCUT2D eigenvalue weighted by Crippen LogP contribution is 2.31. The van der Waals surface area contributed by atoms with Gasteiger partial charge >= 0.3 is 6.18 Å². The van der Waals surface area contributed by atoms with E-state index in [-0.39, 0.29) is 11.8 Å². The largest absolute Gasteiger partial charge is 0.433 e. The molecule has 0 radical (unpaired) electrons. The van der Waals surface area contributed by atoms with E-state index < -0.39 is 11.9 Å². The summed E-state index contributed by atoms with van der Waals surface area (Å²) in [5.74, 6) is 0.0568. The Bertz CT molecular complexity index is 749. The summed E-state index contributed by atoms with van der Waals surface area (Å²) in [5, 5.41) is 5.87. The Labute approximate surface area is 151 Å². The number of rotatable bonds is 6. The Balaban J connectivity index is 2.35. The fourth-order valence-corrected chi connectivity index (χ4v) is 2.63. The number of halogens is 3. The molecule has 0 atom stereocenters. The number of anilines is 3. The van der Waals surface area contributed by atoms with Gasteiger partial charge in [-0.3, -0.25) is 0 Å². The maximum atomic E-state index is 13.2. The normalized spacial score (nSPS) is 11.7. The lowest BCUT2D eigenvalue weighted by Gasteiger charge is -2.16. The van der Waals surface area contributed by atoms with E-state index in [1.165, 1.54) is 0 Å². The predicted molar refractivity (Wildman–Crippen MR) is 98.0 cm³/mol. The van der Waals surface area contributed by atoms with Gasteiger partial charge in [0.2, 0.25) is 5.95 Å². The summed E-state index contributed by atoms with van der Waals surface area (Å²) in [4.78, 5) is 9.70. The third kappa shape index (κ3) is 5.32. The monoisotopic (exact) mass is 367 g/mol. The lowest BCUT2D eigenvalue weighted by Crippen LogP contribution is -2.22. The highest BCUT2D eigenvalue weighted by atomic mass is 19.4. The first kappa shape index (κ1) is 20.0. The van der Waals surface area contributed by atoms with Crippen LogP contribution in [0.4, 0.5) is 30.6 Å². The van der Waals surface area contributed by atoms with E-state index in [0.29, 0.717) is 13.1 Å². The van der Waals surface area contributed by atoms with Gasteiger partial charge in [0.25, 0.3) is 0 Å². The van der Waals surface area contributed by atoms with E-state index in [2.05, 4.69) is 20.6 Å². The number of alkyl halides is 3. The van der Waals surface area contributed by atoms with Crippen LogP contribution in [0.1, 0.15) is 22.4 Å². The van der Waals surface area contributed by atoms with Crippen LogP contribution >= 0.6 is 0 Å². The van der Waals surface area contributed by atoms with Gasteiger partial charge in [0.1, 0.15) is 5.82 Å². The molecule has 0 amide bonds. The molecule has 1 aromatic heterocycles. The van der Waals surface area contributed by atoms with Crippen LogP contribution in [0.5, 0.6) is 0 Å². The second-order valence-corrected chi connectivity index (χ2v) is 6.59. The van der Waals surface area contributed by atoms with Gasteiger partial charge < -0.3 is 15.5 Å². The molecule has 5 nitrogen and oxygen atoms in total. The summed E-state index contributed by atoms with van der Waals surface area (Å²) >= 11 is 0. The smallest absolute Gasteiger partial charge is 0.353 e. The first-order valence-electron chi connectivity index (χ1n) is 8.26. The highest BCUT2D eigenvalue weighted by molar-refractivity contribution is 5.66. The third-order valence-electron chi connectivity index (χ3n) is 3.79. The van der Waals surface area contributed by atoms with Crippen molar-refractivity contribution in [3.05, 3.63) is 40.6 Å². The number of hydrogen-bond donors (Lipinski definition) is 2. The van der Waals surface area contributed by atoms with Crippen LogP contribution in [0.15, 0.2) is 18.2 Å². The molecule has 0 saturated heterocycles. The van der Waals surface area contributed by atoms with Gasteiger partial charge in [-0.25, -0.2) is 4.98 Å². The average Bonchev–Trinajstić information content (AvgIpc) is 2.49. The molecular formula is C18H24F3N5.